The van der Waals surface area contributed by atoms with Gasteiger partial charge in [-0.25, -0.2) is 9.97 Å². The number of thiazole rings is 1. The molecule has 0 aliphatic rings. The van der Waals surface area contributed by atoms with Gasteiger partial charge < -0.3 is 18.1 Å². The summed E-state index contributed by atoms with van der Waals surface area (Å²) >= 11 is 5.16. The van der Waals surface area contributed by atoms with Gasteiger partial charge in [0, 0.05) is 79.6 Å². The largest absolute Gasteiger partial charge is 0.364 e. The van der Waals surface area contributed by atoms with Crippen LogP contribution < -0.4 is 0 Å². The Labute approximate surface area is 430 Å². The van der Waals surface area contributed by atoms with Crippen molar-refractivity contribution in [3.63, 3.8) is 0 Å². The van der Waals surface area contributed by atoms with Crippen molar-refractivity contribution in [1.82, 2.24) is 34.4 Å². The fraction of sp³-hybridized carbons (Fsp3) is 0.607. The molecule has 0 saturated heterocycles. The molecule has 0 radical (unpaired) electrons. The Morgan fingerprint density at radius 1 is 0.580 bits per heavy atom. The SMILES string of the molecule is CC(C)(C)c1cccs1.CC(C)(C)c1cnoc1.CC(C)(C)c1nccs1.CC(C)c1cc(C(C)(C)C)on1.Cc1cc(C(C)(C)C)on1.Cc1cc(C(C)(C)C)sn1.Cn1cncc1C(C)(C)C. The van der Waals surface area contributed by atoms with Crippen molar-refractivity contribution in [3.05, 3.63) is 127 Å². The number of aryl methyl sites for hydroxylation is 3. The van der Waals surface area contributed by atoms with Gasteiger partial charge in [0.1, 0.15) is 17.8 Å². The van der Waals surface area contributed by atoms with E-state index in [0.717, 1.165) is 34.2 Å². The molecular formula is C56H91N7O3S3. The summed E-state index contributed by atoms with van der Waals surface area (Å²) in [6.07, 6.45) is 9.03. The third-order valence-electron chi connectivity index (χ3n) is 9.81. The van der Waals surface area contributed by atoms with E-state index in [1.807, 2.05) is 68.5 Å². The second-order valence-corrected chi connectivity index (χ2v) is 27.5. The molecule has 7 aromatic rings. The molecule has 0 fully saturated rings. The molecule has 0 aromatic carbocycles. The first-order chi connectivity index (χ1) is 31.2. The summed E-state index contributed by atoms with van der Waals surface area (Å²) in [7, 11) is 2.02. The molecule has 69 heavy (non-hydrogen) atoms. The first kappa shape index (κ1) is 62.8. The second-order valence-electron chi connectivity index (χ2n) is 24.8. The van der Waals surface area contributed by atoms with Gasteiger partial charge in [-0.05, 0) is 65.1 Å². The van der Waals surface area contributed by atoms with E-state index >= 15 is 0 Å². The van der Waals surface area contributed by atoms with Crippen LogP contribution in [0, 0.1) is 13.8 Å². The molecule has 0 N–H and O–H groups in total. The van der Waals surface area contributed by atoms with Crippen LogP contribution in [0.3, 0.4) is 0 Å². The topological polar surface area (TPSA) is 122 Å². The number of imidazole rings is 1. The van der Waals surface area contributed by atoms with Crippen LogP contribution in [-0.2, 0) is 45.0 Å². The lowest BCUT2D eigenvalue weighted by Crippen LogP contribution is -2.15. The number of aromatic nitrogens is 7. The van der Waals surface area contributed by atoms with E-state index in [0.29, 0.717) is 11.3 Å². The minimum Gasteiger partial charge on any atom is -0.364 e. The number of thiophene rings is 1. The number of nitrogens with zero attached hydrogens (tertiary/aromatic N) is 7. The molecule has 13 heteroatoms. The van der Waals surface area contributed by atoms with E-state index in [-0.39, 0.29) is 32.5 Å². The first-order valence-corrected chi connectivity index (χ1v) is 26.4. The summed E-state index contributed by atoms with van der Waals surface area (Å²) in [4.78, 5) is 11.1. The van der Waals surface area contributed by atoms with Gasteiger partial charge in [-0.3, -0.25) is 0 Å². The lowest BCUT2D eigenvalue weighted by atomic mass is 9.90. The van der Waals surface area contributed by atoms with E-state index in [2.05, 4.69) is 217 Å². The Hall–Kier alpha value is -4.20. The van der Waals surface area contributed by atoms with E-state index in [1.165, 1.54) is 20.5 Å². The van der Waals surface area contributed by atoms with E-state index < -0.39 is 0 Å². The molecule has 7 aromatic heterocycles. The fourth-order valence-electron chi connectivity index (χ4n) is 5.30. The van der Waals surface area contributed by atoms with Gasteiger partial charge in [0.2, 0.25) is 0 Å². The Balaban J connectivity index is 0.000000403. The third-order valence-corrected chi connectivity index (χ3v) is 13.6. The number of rotatable bonds is 1. The monoisotopic (exact) mass is 1010 g/mol. The number of hydrogen-bond donors (Lipinski definition) is 0. The molecule has 10 nitrogen and oxygen atoms in total. The molecular weight excluding hydrogens is 915 g/mol. The summed E-state index contributed by atoms with van der Waals surface area (Å²) < 4.78 is 21.3. The molecule has 7 rings (SSSR count). The zero-order valence-electron chi connectivity index (χ0n) is 47.6. The van der Waals surface area contributed by atoms with Gasteiger partial charge in [-0.1, -0.05) is 181 Å². The average molecular weight is 1010 g/mol. The summed E-state index contributed by atoms with van der Waals surface area (Å²) in [5, 5.41) is 16.8. The smallest absolute Gasteiger partial charge is 0.142 e. The first-order valence-electron chi connectivity index (χ1n) is 23.9. The molecule has 0 spiro atoms. The highest BCUT2D eigenvalue weighted by atomic mass is 32.1. The summed E-state index contributed by atoms with van der Waals surface area (Å²) in [6, 6.07) is 10.5. The lowest BCUT2D eigenvalue weighted by Gasteiger charge is -2.18. The Morgan fingerprint density at radius 3 is 1.36 bits per heavy atom. The third kappa shape index (κ3) is 24.5. The second kappa shape index (κ2) is 26.3. The standard InChI is InChI=1S/C10H17NO.C8H14N2.C8H13NO.C8H13NS.C8H12S.C7H11NO.C7H11NS/c1-7(2)8-6-9(12-11-8)10(3,4)5;1-8(2,3)7-5-9-6-10(7)4;2*1-6-5-7(10-9-6)8(2,3)4;1-8(2,3)7-5-4-6-9-7;1-7(2,3)6-4-8-9-5-6;1-7(2,3)6-8-4-5-9-6/h6-7H,1-5H3;5-6H,1-4H3;2*5H,1-4H3;4-6H,1-3H3;2*4-5H,1-3H3. The molecule has 0 unspecified atom stereocenters. The van der Waals surface area contributed by atoms with Crippen LogP contribution in [0.4, 0.5) is 0 Å². The molecule has 0 atom stereocenters. The van der Waals surface area contributed by atoms with Crippen LogP contribution in [0.2, 0.25) is 0 Å². The Bertz CT molecular complexity index is 2230. The lowest BCUT2D eigenvalue weighted by molar-refractivity contribution is 0.324. The highest BCUT2D eigenvalue weighted by Gasteiger charge is 2.22. The van der Waals surface area contributed by atoms with Gasteiger partial charge in [-0.2, -0.15) is 4.37 Å². The molecule has 0 aliphatic heterocycles. The molecule has 0 aliphatic carbocycles. The minimum absolute atomic E-state index is 0.0696. The van der Waals surface area contributed by atoms with Gasteiger partial charge in [0.15, 0.2) is 0 Å². The van der Waals surface area contributed by atoms with E-state index in [1.54, 1.807) is 35.3 Å². The Morgan fingerprint density at radius 2 is 1.14 bits per heavy atom. The molecule has 0 saturated carbocycles. The average Bonchev–Trinajstić information content (AvgIpc) is 4.03. The van der Waals surface area contributed by atoms with Gasteiger partial charge >= 0.3 is 0 Å². The summed E-state index contributed by atoms with van der Waals surface area (Å²) in [5.74, 6) is 2.36. The quantitative estimate of drug-likeness (QED) is 0.158. The normalized spacial score (nSPS) is 12.0. The van der Waals surface area contributed by atoms with Crippen LogP contribution in [0.15, 0.2) is 85.8 Å². The predicted molar refractivity (Wildman–Crippen MR) is 296 cm³/mol. The van der Waals surface area contributed by atoms with Crippen LogP contribution in [0.5, 0.6) is 0 Å². The van der Waals surface area contributed by atoms with Crippen molar-refractivity contribution in [1.29, 1.82) is 0 Å². The van der Waals surface area contributed by atoms with Crippen molar-refractivity contribution >= 4 is 34.2 Å². The van der Waals surface area contributed by atoms with Crippen LogP contribution >= 0.6 is 34.2 Å². The fourth-order valence-corrected chi connectivity index (χ4v) is 7.64. The minimum atomic E-state index is 0.0696. The maximum Gasteiger partial charge on any atom is 0.142 e. The van der Waals surface area contributed by atoms with Crippen molar-refractivity contribution in [2.24, 2.45) is 7.05 Å². The highest BCUT2D eigenvalue weighted by molar-refractivity contribution is 7.10. The van der Waals surface area contributed by atoms with Crippen molar-refractivity contribution in [3.8, 4) is 0 Å². The highest BCUT2D eigenvalue weighted by Crippen LogP contribution is 2.29. The molecule has 386 valence electrons. The van der Waals surface area contributed by atoms with Crippen molar-refractivity contribution < 1.29 is 13.6 Å². The van der Waals surface area contributed by atoms with Gasteiger partial charge in [0.25, 0.3) is 0 Å². The van der Waals surface area contributed by atoms with Crippen molar-refractivity contribution in [2.45, 2.75) is 217 Å². The van der Waals surface area contributed by atoms with Crippen LogP contribution in [0.1, 0.15) is 220 Å². The van der Waals surface area contributed by atoms with E-state index in [9.17, 15) is 0 Å². The molecule has 0 amide bonds. The Kier molecular flexibility index (Phi) is 23.9. The summed E-state index contributed by atoms with van der Waals surface area (Å²) in [6.45, 7) is 53.6. The van der Waals surface area contributed by atoms with Crippen LogP contribution in [-0.4, -0.2) is 34.4 Å². The maximum atomic E-state index is 5.24. The van der Waals surface area contributed by atoms with Gasteiger partial charge in [-0.15, -0.1) is 22.7 Å². The van der Waals surface area contributed by atoms with Crippen LogP contribution in [0.25, 0.3) is 0 Å². The number of hydrogen-bond acceptors (Lipinski definition) is 12. The zero-order valence-corrected chi connectivity index (χ0v) is 50.0. The molecule has 0 bridgehead atoms. The summed E-state index contributed by atoms with van der Waals surface area (Å²) in [5.41, 5.74) is 6.91. The van der Waals surface area contributed by atoms with E-state index in [4.69, 9.17) is 13.6 Å². The maximum absolute atomic E-state index is 5.24. The predicted octanol–water partition coefficient (Wildman–Crippen LogP) is 17.3. The zero-order chi connectivity index (χ0) is 53.4. The molecule has 7 heterocycles. The van der Waals surface area contributed by atoms with Crippen molar-refractivity contribution in [2.75, 3.05) is 0 Å². The van der Waals surface area contributed by atoms with Gasteiger partial charge in [0.05, 0.1) is 34.6 Å².